The van der Waals surface area contributed by atoms with Gasteiger partial charge < -0.3 is 15.5 Å². The molecule has 0 radical (unpaired) electrons. The molecule has 6 aromatic rings. The number of halogens is 1. The molecule has 40 heavy (non-hydrogen) atoms. The number of nitrogen functional groups attached to an aromatic ring is 1. The van der Waals surface area contributed by atoms with Crippen LogP contribution < -0.4 is 10.5 Å². The molecule has 0 atom stereocenters. The molecule has 4 N–H and O–H groups in total. The van der Waals surface area contributed by atoms with Gasteiger partial charge in [-0.15, -0.1) is 0 Å². The van der Waals surface area contributed by atoms with E-state index < -0.39 is 0 Å². The summed E-state index contributed by atoms with van der Waals surface area (Å²) in [7, 11) is 0. The molecule has 1 aliphatic heterocycles. The van der Waals surface area contributed by atoms with Crippen LogP contribution in [0.5, 0.6) is 5.75 Å². The van der Waals surface area contributed by atoms with E-state index in [2.05, 4.69) is 35.0 Å². The fourth-order valence-electron chi connectivity index (χ4n) is 5.39. The summed E-state index contributed by atoms with van der Waals surface area (Å²) >= 11 is 0. The molecule has 5 aromatic heterocycles. The molecule has 0 unspecified atom stereocenters. The molecule has 0 bridgehead atoms. The van der Waals surface area contributed by atoms with Gasteiger partial charge >= 0.3 is 0 Å². The predicted molar refractivity (Wildman–Crippen MR) is 153 cm³/mol. The number of aromatic nitrogens is 6. The first-order valence-corrected chi connectivity index (χ1v) is 13.3. The SMILES string of the molecule is Nc1cncc(-c2cc3c(-c4cc5c(-c6cc(F)cc(OCCN7CCCC7)c6)cncc5[nH]4)n[nH]c3cn2)c1. The zero-order chi connectivity index (χ0) is 27.1. The van der Waals surface area contributed by atoms with Crippen molar-refractivity contribution in [1.82, 2.24) is 35.0 Å². The minimum atomic E-state index is -0.351. The van der Waals surface area contributed by atoms with Gasteiger partial charge in [0.15, 0.2) is 0 Å². The maximum atomic E-state index is 14.7. The summed E-state index contributed by atoms with van der Waals surface area (Å²) < 4.78 is 20.6. The number of hydrogen-bond acceptors (Lipinski definition) is 7. The third-order valence-corrected chi connectivity index (χ3v) is 7.36. The first kappa shape index (κ1) is 24.2. The van der Waals surface area contributed by atoms with Gasteiger partial charge in [0.1, 0.15) is 23.9 Å². The number of ether oxygens (including phenoxy) is 1. The van der Waals surface area contributed by atoms with E-state index in [1.807, 2.05) is 24.3 Å². The average Bonchev–Trinajstić information content (AvgIpc) is 3.72. The van der Waals surface area contributed by atoms with Crippen molar-refractivity contribution in [1.29, 1.82) is 0 Å². The largest absolute Gasteiger partial charge is 0.492 e. The minimum Gasteiger partial charge on any atom is -0.492 e. The number of nitrogens with two attached hydrogens (primary N) is 1. The molecule has 6 heterocycles. The first-order chi connectivity index (χ1) is 19.6. The predicted octanol–water partition coefficient (Wildman–Crippen LogP) is 5.43. The Morgan fingerprint density at radius 3 is 2.62 bits per heavy atom. The topological polar surface area (TPSA) is 122 Å². The summed E-state index contributed by atoms with van der Waals surface area (Å²) in [4.78, 5) is 19.0. The second kappa shape index (κ2) is 10.0. The van der Waals surface area contributed by atoms with Crippen molar-refractivity contribution in [2.45, 2.75) is 12.8 Å². The van der Waals surface area contributed by atoms with Crippen LogP contribution in [0.25, 0.3) is 55.6 Å². The normalized spacial score (nSPS) is 13.9. The Bertz CT molecular complexity index is 1840. The van der Waals surface area contributed by atoms with E-state index in [4.69, 9.17) is 10.5 Å². The summed E-state index contributed by atoms with van der Waals surface area (Å²) in [6.45, 7) is 3.56. The van der Waals surface area contributed by atoms with Crippen molar-refractivity contribution in [2.24, 2.45) is 0 Å². The highest BCUT2D eigenvalue weighted by Gasteiger charge is 2.17. The highest BCUT2D eigenvalue weighted by atomic mass is 19.1. The maximum absolute atomic E-state index is 14.7. The molecule has 0 aliphatic carbocycles. The summed E-state index contributed by atoms with van der Waals surface area (Å²) in [6, 6.07) is 10.6. The lowest BCUT2D eigenvalue weighted by atomic mass is 10.0. The van der Waals surface area contributed by atoms with Crippen LogP contribution >= 0.6 is 0 Å². The van der Waals surface area contributed by atoms with Crippen molar-refractivity contribution in [3.63, 3.8) is 0 Å². The number of H-pyrrole nitrogens is 2. The second-order valence-corrected chi connectivity index (χ2v) is 10.1. The van der Waals surface area contributed by atoms with Crippen molar-refractivity contribution in [3.8, 4) is 39.5 Å². The molecule has 0 spiro atoms. The number of likely N-dealkylation sites (tertiary alicyclic amines) is 1. The lowest BCUT2D eigenvalue weighted by Crippen LogP contribution is -2.25. The van der Waals surface area contributed by atoms with Crippen molar-refractivity contribution < 1.29 is 9.13 Å². The zero-order valence-corrected chi connectivity index (χ0v) is 21.7. The number of nitrogens with zero attached hydrogens (tertiary/aromatic N) is 5. The van der Waals surface area contributed by atoms with Gasteiger partial charge in [0.25, 0.3) is 0 Å². The van der Waals surface area contributed by atoms with Crippen LogP contribution in [0.4, 0.5) is 10.1 Å². The molecule has 10 heteroatoms. The third kappa shape index (κ3) is 4.62. The number of nitrogens with one attached hydrogen (secondary N) is 2. The van der Waals surface area contributed by atoms with E-state index in [0.29, 0.717) is 23.6 Å². The Kier molecular flexibility index (Phi) is 6.09. The summed E-state index contributed by atoms with van der Waals surface area (Å²) in [5.41, 5.74) is 12.7. The van der Waals surface area contributed by atoms with Crippen LogP contribution in [-0.2, 0) is 0 Å². The van der Waals surface area contributed by atoms with E-state index in [-0.39, 0.29) is 5.82 Å². The Balaban J connectivity index is 1.23. The lowest BCUT2D eigenvalue weighted by molar-refractivity contribution is 0.237. The highest BCUT2D eigenvalue weighted by Crippen LogP contribution is 2.35. The Hall–Kier alpha value is -4.83. The Morgan fingerprint density at radius 1 is 0.875 bits per heavy atom. The molecule has 1 aromatic carbocycles. The maximum Gasteiger partial charge on any atom is 0.127 e. The van der Waals surface area contributed by atoms with Crippen molar-refractivity contribution in [2.75, 3.05) is 32.0 Å². The molecular weight excluding hydrogens is 507 g/mol. The summed E-state index contributed by atoms with van der Waals surface area (Å²) in [6.07, 6.45) is 11.0. The van der Waals surface area contributed by atoms with Crippen LogP contribution in [0.2, 0.25) is 0 Å². The first-order valence-electron chi connectivity index (χ1n) is 13.3. The van der Waals surface area contributed by atoms with Crippen molar-refractivity contribution in [3.05, 3.63) is 73.2 Å². The number of hydrogen-bond donors (Lipinski definition) is 3. The Morgan fingerprint density at radius 2 is 1.75 bits per heavy atom. The summed E-state index contributed by atoms with van der Waals surface area (Å²) in [5, 5.41) is 9.44. The number of fused-ring (bicyclic) bond motifs is 2. The van der Waals surface area contributed by atoms with Gasteiger partial charge in [0.2, 0.25) is 0 Å². The summed E-state index contributed by atoms with van der Waals surface area (Å²) in [5.74, 6) is 0.159. The van der Waals surface area contributed by atoms with Crippen LogP contribution in [-0.4, -0.2) is 61.3 Å². The molecule has 1 aliphatic rings. The van der Waals surface area contributed by atoms with Gasteiger partial charge in [-0.05, 0) is 61.8 Å². The molecule has 1 fully saturated rings. The van der Waals surface area contributed by atoms with Gasteiger partial charge in [0, 0.05) is 53.1 Å². The fraction of sp³-hybridized carbons (Fsp3) is 0.200. The highest BCUT2D eigenvalue weighted by molar-refractivity contribution is 6.01. The minimum absolute atomic E-state index is 0.351. The molecule has 7 rings (SSSR count). The molecule has 0 saturated carbocycles. The standard InChI is InChI=1S/C30H27FN8O/c31-20-7-18(9-22(10-20)40-6-5-39-3-1-2-4-39)25-15-34-16-28-23(25)11-27(36-28)30-24-12-26(35-17-29(24)37-38-30)19-8-21(32)14-33-13-19/h7-17,36H,1-6,32H2,(H,37,38). The quantitative estimate of drug-likeness (QED) is 0.250. The van der Waals surface area contributed by atoms with Gasteiger partial charge in [-0.3, -0.25) is 25.0 Å². The zero-order valence-electron chi connectivity index (χ0n) is 21.7. The van der Waals surface area contributed by atoms with E-state index in [1.54, 1.807) is 31.0 Å². The molecular formula is C30H27FN8O. The second-order valence-electron chi connectivity index (χ2n) is 10.1. The number of aromatic amines is 2. The number of anilines is 1. The van der Waals surface area contributed by atoms with E-state index in [1.165, 1.54) is 25.0 Å². The Labute approximate surface area is 229 Å². The van der Waals surface area contributed by atoms with E-state index >= 15 is 0 Å². The van der Waals surface area contributed by atoms with Gasteiger partial charge in [0.05, 0.1) is 40.5 Å². The molecule has 9 nitrogen and oxygen atoms in total. The lowest BCUT2D eigenvalue weighted by Gasteiger charge is -2.15. The van der Waals surface area contributed by atoms with Crippen LogP contribution in [0.3, 0.4) is 0 Å². The van der Waals surface area contributed by atoms with E-state index in [9.17, 15) is 4.39 Å². The van der Waals surface area contributed by atoms with Gasteiger partial charge in [-0.2, -0.15) is 5.10 Å². The molecule has 200 valence electrons. The van der Waals surface area contributed by atoms with Crippen LogP contribution in [0.15, 0.2) is 67.4 Å². The smallest absolute Gasteiger partial charge is 0.127 e. The number of benzene rings is 1. The van der Waals surface area contributed by atoms with Gasteiger partial charge in [-0.1, -0.05) is 0 Å². The molecule has 1 saturated heterocycles. The molecule has 0 amide bonds. The number of rotatable bonds is 7. The van der Waals surface area contributed by atoms with Crippen LogP contribution in [0.1, 0.15) is 12.8 Å². The fourth-order valence-corrected chi connectivity index (χ4v) is 5.39. The monoisotopic (exact) mass is 534 g/mol. The average molecular weight is 535 g/mol. The van der Waals surface area contributed by atoms with E-state index in [0.717, 1.165) is 69.6 Å². The van der Waals surface area contributed by atoms with Crippen LogP contribution in [0, 0.1) is 5.82 Å². The van der Waals surface area contributed by atoms with Crippen molar-refractivity contribution >= 4 is 27.5 Å². The third-order valence-electron chi connectivity index (χ3n) is 7.36. The number of pyridine rings is 3. The van der Waals surface area contributed by atoms with Gasteiger partial charge in [-0.25, -0.2) is 4.39 Å².